The molecular formula is C15H20N2O. The van der Waals surface area contributed by atoms with E-state index in [0.29, 0.717) is 6.54 Å². The van der Waals surface area contributed by atoms with Gasteiger partial charge in [0.25, 0.3) is 0 Å². The van der Waals surface area contributed by atoms with Crippen molar-refractivity contribution in [2.45, 2.75) is 38.5 Å². The van der Waals surface area contributed by atoms with Crippen molar-refractivity contribution in [3.8, 4) is 0 Å². The van der Waals surface area contributed by atoms with Crippen LogP contribution in [0.25, 0.3) is 0 Å². The summed E-state index contributed by atoms with van der Waals surface area (Å²) in [5.74, 6) is 0.115. The predicted octanol–water partition coefficient (Wildman–Crippen LogP) is 2.24. The summed E-state index contributed by atoms with van der Waals surface area (Å²) in [6.45, 7) is 0.466. The van der Waals surface area contributed by atoms with E-state index in [1.165, 1.54) is 24.0 Å². The Kier molecular flexibility index (Phi) is 2.86. The van der Waals surface area contributed by atoms with E-state index in [2.05, 4.69) is 11.4 Å². The average Bonchev–Trinajstić information content (AvgIpc) is 3.20. The first-order valence-electron chi connectivity index (χ1n) is 6.87. The third-order valence-electron chi connectivity index (χ3n) is 4.37. The van der Waals surface area contributed by atoms with Crippen molar-refractivity contribution in [3.05, 3.63) is 29.3 Å². The molecule has 1 fully saturated rings. The number of nitrogens with one attached hydrogen (secondary N) is 1. The van der Waals surface area contributed by atoms with Gasteiger partial charge in [-0.05, 0) is 55.7 Å². The minimum absolute atomic E-state index is 0.115. The molecule has 0 atom stereocenters. The van der Waals surface area contributed by atoms with Crippen LogP contribution in [0.1, 0.15) is 36.8 Å². The van der Waals surface area contributed by atoms with Crippen LogP contribution in [0.3, 0.4) is 0 Å². The maximum atomic E-state index is 12.2. The maximum Gasteiger partial charge on any atom is 0.231 e. The number of carbonyl (C=O) groups excluding carboxylic acids is 1. The lowest BCUT2D eigenvalue weighted by molar-refractivity contribution is -0.120. The Morgan fingerprint density at radius 2 is 2.06 bits per heavy atom. The Balaban J connectivity index is 1.83. The second-order valence-corrected chi connectivity index (χ2v) is 5.59. The SMILES string of the molecule is NCC1(C(=O)Nc2cccc3c2CCCC3)CC1. The molecule has 96 valence electrons. The molecule has 1 amide bonds. The lowest BCUT2D eigenvalue weighted by Crippen LogP contribution is -2.31. The molecule has 0 aliphatic heterocycles. The molecule has 0 unspecified atom stereocenters. The predicted molar refractivity (Wildman–Crippen MR) is 72.4 cm³/mol. The second-order valence-electron chi connectivity index (χ2n) is 5.59. The van der Waals surface area contributed by atoms with Crippen molar-refractivity contribution in [1.29, 1.82) is 0 Å². The molecule has 3 heteroatoms. The summed E-state index contributed by atoms with van der Waals surface area (Å²) in [5.41, 5.74) is 9.18. The first kappa shape index (κ1) is 11.7. The fourth-order valence-electron chi connectivity index (χ4n) is 2.83. The van der Waals surface area contributed by atoms with Crippen LogP contribution in [-0.4, -0.2) is 12.5 Å². The molecule has 3 N–H and O–H groups in total. The summed E-state index contributed by atoms with van der Waals surface area (Å²) in [7, 11) is 0. The smallest absolute Gasteiger partial charge is 0.231 e. The molecule has 1 aromatic carbocycles. The molecule has 0 spiro atoms. The zero-order valence-electron chi connectivity index (χ0n) is 10.7. The van der Waals surface area contributed by atoms with Crippen molar-refractivity contribution in [3.63, 3.8) is 0 Å². The summed E-state index contributed by atoms with van der Waals surface area (Å²) in [6.07, 6.45) is 6.58. The zero-order valence-corrected chi connectivity index (χ0v) is 10.7. The third-order valence-corrected chi connectivity index (χ3v) is 4.37. The Bertz CT molecular complexity index is 477. The highest BCUT2D eigenvalue weighted by molar-refractivity contribution is 5.98. The molecule has 3 rings (SSSR count). The fraction of sp³-hybridized carbons (Fsp3) is 0.533. The molecule has 2 aliphatic carbocycles. The molecule has 1 saturated carbocycles. The van der Waals surface area contributed by atoms with Gasteiger partial charge >= 0.3 is 0 Å². The molecular weight excluding hydrogens is 224 g/mol. The molecule has 0 bridgehead atoms. The van der Waals surface area contributed by atoms with Crippen LogP contribution >= 0.6 is 0 Å². The number of benzene rings is 1. The summed E-state index contributed by atoms with van der Waals surface area (Å²) in [6, 6.07) is 6.25. The largest absolute Gasteiger partial charge is 0.329 e. The van der Waals surface area contributed by atoms with E-state index in [0.717, 1.165) is 31.4 Å². The lowest BCUT2D eigenvalue weighted by atomic mass is 9.90. The number of hydrogen-bond donors (Lipinski definition) is 2. The number of aryl methyl sites for hydroxylation is 1. The first-order chi connectivity index (χ1) is 8.75. The van der Waals surface area contributed by atoms with Gasteiger partial charge in [0.15, 0.2) is 0 Å². The van der Waals surface area contributed by atoms with Gasteiger partial charge in [0.1, 0.15) is 0 Å². The highest BCUT2D eigenvalue weighted by Crippen LogP contribution is 2.45. The fourth-order valence-corrected chi connectivity index (χ4v) is 2.83. The zero-order chi connectivity index (χ0) is 12.6. The van der Waals surface area contributed by atoms with E-state index >= 15 is 0 Å². The van der Waals surface area contributed by atoms with Gasteiger partial charge < -0.3 is 11.1 Å². The summed E-state index contributed by atoms with van der Waals surface area (Å²) in [4.78, 5) is 12.2. The van der Waals surface area contributed by atoms with Crippen molar-refractivity contribution in [1.82, 2.24) is 0 Å². The van der Waals surface area contributed by atoms with Crippen LogP contribution in [0.15, 0.2) is 18.2 Å². The van der Waals surface area contributed by atoms with E-state index in [9.17, 15) is 4.79 Å². The lowest BCUT2D eigenvalue weighted by Gasteiger charge is -2.21. The van der Waals surface area contributed by atoms with Gasteiger partial charge in [-0.25, -0.2) is 0 Å². The standard InChI is InChI=1S/C15H20N2O/c16-10-15(8-9-15)14(18)17-13-7-3-5-11-4-1-2-6-12(11)13/h3,5,7H,1-2,4,6,8-10,16H2,(H,17,18). The van der Waals surface area contributed by atoms with Crippen molar-refractivity contribution < 1.29 is 4.79 Å². The van der Waals surface area contributed by atoms with Crippen LogP contribution < -0.4 is 11.1 Å². The summed E-state index contributed by atoms with van der Waals surface area (Å²) < 4.78 is 0. The molecule has 3 nitrogen and oxygen atoms in total. The van der Waals surface area contributed by atoms with Crippen molar-refractivity contribution >= 4 is 11.6 Å². The minimum atomic E-state index is -0.266. The maximum absolute atomic E-state index is 12.2. The van der Waals surface area contributed by atoms with Gasteiger partial charge in [-0.1, -0.05) is 12.1 Å². The van der Waals surface area contributed by atoms with Crippen LogP contribution in [0, 0.1) is 5.41 Å². The molecule has 0 heterocycles. The van der Waals surface area contributed by atoms with Gasteiger partial charge in [0.05, 0.1) is 5.41 Å². The van der Waals surface area contributed by atoms with E-state index in [-0.39, 0.29) is 11.3 Å². The van der Waals surface area contributed by atoms with E-state index in [4.69, 9.17) is 5.73 Å². The van der Waals surface area contributed by atoms with Gasteiger partial charge in [-0.3, -0.25) is 4.79 Å². The quantitative estimate of drug-likeness (QED) is 0.856. The van der Waals surface area contributed by atoms with Gasteiger partial charge in [0, 0.05) is 12.2 Å². The third kappa shape index (κ3) is 1.93. The van der Waals surface area contributed by atoms with Crippen LogP contribution in [-0.2, 0) is 17.6 Å². The Morgan fingerprint density at radius 3 is 2.78 bits per heavy atom. The highest BCUT2D eigenvalue weighted by Gasteiger charge is 2.48. The summed E-state index contributed by atoms with van der Waals surface area (Å²) in [5, 5.41) is 3.10. The van der Waals surface area contributed by atoms with Crippen LogP contribution in [0.5, 0.6) is 0 Å². The van der Waals surface area contributed by atoms with Gasteiger partial charge in [-0.15, -0.1) is 0 Å². The molecule has 0 saturated heterocycles. The number of carbonyl (C=O) groups is 1. The molecule has 2 aliphatic rings. The van der Waals surface area contributed by atoms with Crippen LogP contribution in [0.2, 0.25) is 0 Å². The van der Waals surface area contributed by atoms with Crippen LogP contribution in [0.4, 0.5) is 5.69 Å². The molecule has 0 aromatic heterocycles. The number of fused-ring (bicyclic) bond motifs is 1. The van der Waals surface area contributed by atoms with Gasteiger partial charge in [0.2, 0.25) is 5.91 Å². The topological polar surface area (TPSA) is 55.1 Å². The van der Waals surface area contributed by atoms with E-state index in [1.807, 2.05) is 12.1 Å². The minimum Gasteiger partial charge on any atom is -0.329 e. The number of rotatable bonds is 3. The average molecular weight is 244 g/mol. The van der Waals surface area contributed by atoms with Gasteiger partial charge in [-0.2, -0.15) is 0 Å². The number of amides is 1. The molecule has 0 radical (unpaired) electrons. The number of nitrogens with two attached hydrogens (primary N) is 1. The molecule has 1 aromatic rings. The monoisotopic (exact) mass is 244 g/mol. The molecule has 18 heavy (non-hydrogen) atoms. The highest BCUT2D eigenvalue weighted by atomic mass is 16.2. The normalized spacial score (nSPS) is 20.1. The Labute approximate surface area is 108 Å². The van der Waals surface area contributed by atoms with Crippen molar-refractivity contribution in [2.75, 3.05) is 11.9 Å². The van der Waals surface area contributed by atoms with E-state index in [1.54, 1.807) is 0 Å². The van der Waals surface area contributed by atoms with Crippen molar-refractivity contribution in [2.24, 2.45) is 11.1 Å². The Morgan fingerprint density at radius 1 is 1.28 bits per heavy atom. The Hall–Kier alpha value is -1.35. The number of hydrogen-bond acceptors (Lipinski definition) is 2. The van der Waals surface area contributed by atoms with E-state index < -0.39 is 0 Å². The summed E-state index contributed by atoms with van der Waals surface area (Å²) >= 11 is 0. The second kappa shape index (κ2) is 4.39. The first-order valence-corrected chi connectivity index (χ1v) is 6.87. The number of anilines is 1.